The van der Waals surface area contributed by atoms with Crippen molar-refractivity contribution in [3.05, 3.63) is 0 Å². The molecule has 2 rings (SSSR count). The Labute approximate surface area is 385 Å². The molecule has 0 amide bonds. The number of aliphatic hydroxyl groups excluding tert-OH is 7. The highest BCUT2D eigenvalue weighted by molar-refractivity contribution is 5.70. The average molecular weight is 921 g/mol. The minimum Gasteiger partial charge on any atom is -0.462 e. The van der Waals surface area contributed by atoms with Crippen LogP contribution in [0.5, 0.6) is 0 Å². The Morgan fingerprint density at radius 2 is 0.797 bits per heavy atom. The number of unbranched alkanes of at least 4 members (excludes halogenated alkanes) is 26. The summed E-state index contributed by atoms with van der Waals surface area (Å²) in [5, 5.41) is 72.0. The van der Waals surface area contributed by atoms with Gasteiger partial charge in [0, 0.05) is 12.8 Å². The van der Waals surface area contributed by atoms with Crippen LogP contribution in [0.25, 0.3) is 0 Å². The summed E-state index contributed by atoms with van der Waals surface area (Å²) < 4.78 is 33.6. The summed E-state index contributed by atoms with van der Waals surface area (Å²) in [6.45, 7) is 2.61. The van der Waals surface area contributed by atoms with Gasteiger partial charge in [-0.15, -0.1) is 0 Å². The molecule has 11 atom stereocenters. The molecule has 0 bridgehead atoms. The molecule has 4 unspecified atom stereocenters. The van der Waals surface area contributed by atoms with Crippen LogP contribution in [0.3, 0.4) is 0 Å². The van der Waals surface area contributed by atoms with E-state index in [1.807, 2.05) is 0 Å². The number of hydrogen-bond donors (Lipinski definition) is 7. The van der Waals surface area contributed by atoms with Gasteiger partial charge in [-0.1, -0.05) is 181 Å². The number of carbonyl (C=O) groups excluding carboxylic acids is 2. The highest BCUT2D eigenvalue weighted by atomic mass is 16.7. The highest BCUT2D eigenvalue weighted by Gasteiger charge is 2.47. The molecule has 0 aromatic carbocycles. The van der Waals surface area contributed by atoms with Gasteiger partial charge >= 0.3 is 11.9 Å². The summed E-state index contributed by atoms with van der Waals surface area (Å²) in [4.78, 5) is 25.7. The van der Waals surface area contributed by atoms with Gasteiger partial charge in [-0.05, 0) is 12.8 Å². The van der Waals surface area contributed by atoms with Crippen molar-refractivity contribution < 1.29 is 73.8 Å². The van der Waals surface area contributed by atoms with Crippen LogP contribution in [0.2, 0.25) is 0 Å². The topological polar surface area (TPSA) is 231 Å². The summed E-state index contributed by atoms with van der Waals surface area (Å²) in [6.07, 6.45) is 17.0. The number of ether oxygens (including phenoxy) is 6. The maximum absolute atomic E-state index is 13.0. The van der Waals surface area contributed by atoms with E-state index in [-0.39, 0.29) is 26.1 Å². The van der Waals surface area contributed by atoms with Crippen LogP contribution < -0.4 is 0 Å². The Morgan fingerprint density at radius 1 is 0.438 bits per heavy atom. The zero-order valence-electron chi connectivity index (χ0n) is 39.8. The van der Waals surface area contributed by atoms with Crippen molar-refractivity contribution in [2.75, 3.05) is 26.4 Å². The minimum atomic E-state index is -1.76. The predicted molar refractivity (Wildman–Crippen MR) is 243 cm³/mol. The van der Waals surface area contributed by atoms with Crippen molar-refractivity contribution in [3.63, 3.8) is 0 Å². The number of rotatable bonds is 40. The number of hydrogen-bond acceptors (Lipinski definition) is 15. The van der Waals surface area contributed by atoms with Crippen molar-refractivity contribution >= 4 is 11.9 Å². The predicted octanol–water partition coefficient (Wildman–Crippen LogP) is 6.82. The van der Waals surface area contributed by atoms with Crippen LogP contribution in [0.1, 0.15) is 206 Å². The van der Waals surface area contributed by atoms with Gasteiger partial charge in [0.15, 0.2) is 18.7 Å². The minimum absolute atomic E-state index is 0.173. The maximum atomic E-state index is 13.0. The van der Waals surface area contributed by atoms with Crippen LogP contribution in [0.15, 0.2) is 0 Å². The fraction of sp³-hybridized carbons (Fsp3) is 0.959. The molecule has 0 saturated carbocycles. The molecular formula is C49H92O15. The zero-order valence-corrected chi connectivity index (χ0v) is 39.8. The monoisotopic (exact) mass is 921 g/mol. The third-order valence-electron chi connectivity index (χ3n) is 12.6. The second-order valence-corrected chi connectivity index (χ2v) is 18.4. The largest absolute Gasteiger partial charge is 0.462 e. The van der Waals surface area contributed by atoms with Crippen molar-refractivity contribution in [1.82, 2.24) is 0 Å². The standard InChI is InChI=1S/C49H92O15/c1-3-5-7-9-11-13-15-17-18-19-20-22-24-26-28-30-32-41(52)62-37(34-59-40(51)31-29-27-25-23-21-16-14-12-10-8-6-4-2)35-60-48-47(58)45(56)43(54)39(64-48)36-61-49-46(57)44(55)42(53)38(33-50)63-49/h37-39,42-50,53-58H,3-36H2,1-2H3/t37-,38-,39-,42+,43+,44?,45?,46?,47?,48-,49-/m1/s1. The molecule has 15 nitrogen and oxygen atoms in total. The third kappa shape index (κ3) is 25.6. The van der Waals surface area contributed by atoms with E-state index in [0.29, 0.717) is 12.8 Å². The lowest BCUT2D eigenvalue weighted by molar-refractivity contribution is -0.332. The molecule has 0 aromatic rings. The van der Waals surface area contributed by atoms with E-state index in [0.717, 1.165) is 38.5 Å². The number of aliphatic hydroxyl groups is 7. The average Bonchev–Trinajstić information content (AvgIpc) is 3.29. The zero-order chi connectivity index (χ0) is 46.8. The molecule has 2 saturated heterocycles. The molecule has 0 spiro atoms. The van der Waals surface area contributed by atoms with Crippen molar-refractivity contribution in [2.24, 2.45) is 0 Å². The quantitative estimate of drug-likeness (QED) is 0.0247. The van der Waals surface area contributed by atoms with E-state index < -0.39 is 92.7 Å². The first-order chi connectivity index (χ1) is 31.0. The fourth-order valence-electron chi connectivity index (χ4n) is 8.34. The third-order valence-corrected chi connectivity index (χ3v) is 12.6. The van der Waals surface area contributed by atoms with Gasteiger partial charge in [-0.25, -0.2) is 0 Å². The molecule has 378 valence electrons. The first kappa shape index (κ1) is 58.6. The fourth-order valence-corrected chi connectivity index (χ4v) is 8.34. The SMILES string of the molecule is CCCCCCCCCCCCCCCCCCC(=O)O[C@H](COC(=O)CCCCCCCCCCCCCC)CO[C@@H]1O[C@H](CO[C@@H]2O[C@H](CO)[C@H](O)C(O)C2O)[C@H](O)C(O)C1O. The van der Waals surface area contributed by atoms with Gasteiger partial charge in [0.05, 0.1) is 19.8 Å². The summed E-state index contributed by atoms with van der Waals surface area (Å²) >= 11 is 0. The van der Waals surface area contributed by atoms with Gasteiger partial charge in [0.25, 0.3) is 0 Å². The molecule has 0 aromatic heterocycles. The summed E-state index contributed by atoms with van der Waals surface area (Å²) in [5.74, 6) is -0.911. The van der Waals surface area contributed by atoms with Crippen LogP contribution in [0.4, 0.5) is 0 Å². The lowest BCUT2D eigenvalue weighted by Crippen LogP contribution is -2.61. The summed E-state index contributed by atoms with van der Waals surface area (Å²) in [5.41, 5.74) is 0. The number of carbonyl (C=O) groups is 2. The summed E-state index contributed by atoms with van der Waals surface area (Å²) in [6, 6.07) is 0. The second kappa shape index (κ2) is 37.5. The van der Waals surface area contributed by atoms with E-state index in [1.54, 1.807) is 0 Å². The highest BCUT2D eigenvalue weighted by Crippen LogP contribution is 2.26. The van der Waals surface area contributed by atoms with E-state index in [9.17, 15) is 45.3 Å². The lowest BCUT2D eigenvalue weighted by atomic mass is 9.98. The van der Waals surface area contributed by atoms with Crippen molar-refractivity contribution in [2.45, 2.75) is 274 Å². The van der Waals surface area contributed by atoms with Crippen LogP contribution >= 0.6 is 0 Å². The van der Waals surface area contributed by atoms with Crippen LogP contribution in [-0.2, 0) is 38.0 Å². The molecule has 15 heteroatoms. The Balaban J connectivity index is 1.80. The van der Waals surface area contributed by atoms with Gasteiger partial charge in [-0.2, -0.15) is 0 Å². The maximum Gasteiger partial charge on any atom is 0.306 e. The number of esters is 2. The van der Waals surface area contributed by atoms with Crippen molar-refractivity contribution in [3.8, 4) is 0 Å². The molecular weight excluding hydrogens is 829 g/mol. The molecule has 0 radical (unpaired) electrons. The first-order valence-electron chi connectivity index (χ1n) is 25.6. The Morgan fingerprint density at radius 3 is 1.22 bits per heavy atom. The normalized spacial score (nSPS) is 26.5. The van der Waals surface area contributed by atoms with Gasteiger partial charge in [0.2, 0.25) is 0 Å². The van der Waals surface area contributed by atoms with E-state index >= 15 is 0 Å². The molecule has 2 aliphatic heterocycles. The molecule has 7 N–H and O–H groups in total. The Bertz CT molecular complexity index is 1130. The molecule has 0 aliphatic carbocycles. The van der Waals surface area contributed by atoms with Crippen LogP contribution in [0, 0.1) is 0 Å². The van der Waals surface area contributed by atoms with Gasteiger partial charge in [0.1, 0.15) is 55.4 Å². The van der Waals surface area contributed by atoms with Gasteiger partial charge in [-0.3, -0.25) is 9.59 Å². The Hall–Kier alpha value is -1.50. The van der Waals surface area contributed by atoms with E-state index in [2.05, 4.69) is 13.8 Å². The molecule has 64 heavy (non-hydrogen) atoms. The molecule has 2 heterocycles. The summed E-state index contributed by atoms with van der Waals surface area (Å²) in [7, 11) is 0. The van der Waals surface area contributed by atoms with Crippen molar-refractivity contribution in [1.29, 1.82) is 0 Å². The Kier molecular flexibility index (Phi) is 34.3. The molecule has 2 fully saturated rings. The second-order valence-electron chi connectivity index (χ2n) is 18.4. The lowest BCUT2D eigenvalue weighted by Gasteiger charge is -2.42. The van der Waals surface area contributed by atoms with Gasteiger partial charge < -0.3 is 64.2 Å². The van der Waals surface area contributed by atoms with E-state index in [4.69, 9.17) is 28.4 Å². The van der Waals surface area contributed by atoms with Crippen LogP contribution in [-0.4, -0.2) is 142 Å². The van der Waals surface area contributed by atoms with E-state index in [1.165, 1.54) is 128 Å². The first-order valence-corrected chi connectivity index (χ1v) is 25.6. The molecule has 2 aliphatic rings. The smallest absolute Gasteiger partial charge is 0.306 e.